The Balaban J connectivity index is 1.49. The van der Waals surface area contributed by atoms with Crippen molar-refractivity contribution in [3.63, 3.8) is 0 Å². The standard InChI is InChI=1S/C22H23N3O3/c1-16-20(26)23(14-18-10-6-3-7-11-18)15-19-21(27)24(22(28)25(16)19)13-12-17-8-4-2-5-9-17/h2-11,16,19H,12-15H2,1H3/t16-,19?/m0/s1. The van der Waals surface area contributed by atoms with Crippen molar-refractivity contribution in [2.75, 3.05) is 13.1 Å². The summed E-state index contributed by atoms with van der Waals surface area (Å²) in [7, 11) is 0. The zero-order valence-electron chi connectivity index (χ0n) is 15.8. The number of amides is 4. The fourth-order valence-corrected chi connectivity index (χ4v) is 3.99. The van der Waals surface area contributed by atoms with E-state index in [1.807, 2.05) is 60.7 Å². The maximum Gasteiger partial charge on any atom is 0.328 e. The molecule has 0 bridgehead atoms. The van der Waals surface area contributed by atoms with E-state index in [2.05, 4.69) is 0 Å². The molecule has 2 saturated heterocycles. The molecule has 2 atom stereocenters. The molecule has 0 spiro atoms. The van der Waals surface area contributed by atoms with Crippen molar-refractivity contribution in [3.8, 4) is 0 Å². The third kappa shape index (κ3) is 3.26. The Kier molecular flexibility index (Phi) is 4.86. The molecule has 1 unspecified atom stereocenters. The molecule has 144 valence electrons. The molecule has 2 aliphatic rings. The minimum atomic E-state index is -0.638. The van der Waals surface area contributed by atoms with Crippen LogP contribution >= 0.6 is 0 Å². The van der Waals surface area contributed by atoms with Crippen LogP contribution in [-0.2, 0) is 22.6 Å². The molecule has 28 heavy (non-hydrogen) atoms. The van der Waals surface area contributed by atoms with Gasteiger partial charge in [0.1, 0.15) is 12.1 Å². The van der Waals surface area contributed by atoms with Gasteiger partial charge in [-0.15, -0.1) is 0 Å². The molecular formula is C22H23N3O3. The Morgan fingerprint density at radius 3 is 2.11 bits per heavy atom. The first-order chi connectivity index (χ1) is 13.6. The number of urea groups is 1. The Labute approximate surface area is 164 Å². The summed E-state index contributed by atoms with van der Waals surface area (Å²) in [5, 5.41) is 0. The molecule has 2 aromatic carbocycles. The molecule has 4 rings (SSSR count). The predicted molar refractivity (Wildman–Crippen MR) is 104 cm³/mol. The second kappa shape index (κ2) is 7.46. The van der Waals surface area contributed by atoms with E-state index in [-0.39, 0.29) is 24.4 Å². The van der Waals surface area contributed by atoms with Crippen LogP contribution in [0.3, 0.4) is 0 Å². The van der Waals surface area contributed by atoms with Crippen molar-refractivity contribution < 1.29 is 14.4 Å². The lowest BCUT2D eigenvalue weighted by Crippen LogP contribution is -2.60. The van der Waals surface area contributed by atoms with Gasteiger partial charge in [0.2, 0.25) is 5.91 Å². The van der Waals surface area contributed by atoms with Gasteiger partial charge in [0, 0.05) is 13.1 Å². The maximum absolute atomic E-state index is 12.9. The van der Waals surface area contributed by atoms with Crippen LogP contribution in [0.25, 0.3) is 0 Å². The summed E-state index contributed by atoms with van der Waals surface area (Å²) in [5.74, 6) is -0.329. The highest BCUT2D eigenvalue weighted by Crippen LogP contribution is 2.27. The minimum absolute atomic E-state index is 0.119. The Morgan fingerprint density at radius 1 is 0.857 bits per heavy atom. The molecule has 4 amide bonds. The number of hydrogen-bond donors (Lipinski definition) is 0. The minimum Gasteiger partial charge on any atom is -0.334 e. The molecule has 0 aliphatic carbocycles. The van der Waals surface area contributed by atoms with E-state index in [1.54, 1.807) is 11.8 Å². The highest BCUT2D eigenvalue weighted by molar-refractivity contribution is 6.07. The summed E-state index contributed by atoms with van der Waals surface area (Å²) in [6.45, 7) is 2.72. The summed E-state index contributed by atoms with van der Waals surface area (Å²) < 4.78 is 0. The second-order valence-corrected chi connectivity index (χ2v) is 7.31. The predicted octanol–water partition coefficient (Wildman–Crippen LogP) is 2.29. The van der Waals surface area contributed by atoms with Gasteiger partial charge in [0.15, 0.2) is 0 Å². The lowest BCUT2D eigenvalue weighted by Gasteiger charge is -2.39. The normalized spacial score (nSPS) is 22.0. The summed E-state index contributed by atoms with van der Waals surface area (Å²) >= 11 is 0. The van der Waals surface area contributed by atoms with E-state index in [0.717, 1.165) is 11.1 Å². The number of carbonyl (C=O) groups excluding carboxylic acids is 3. The highest BCUT2D eigenvalue weighted by Gasteiger charge is 2.52. The fourth-order valence-electron chi connectivity index (χ4n) is 3.99. The molecule has 2 fully saturated rings. The Morgan fingerprint density at radius 2 is 1.46 bits per heavy atom. The van der Waals surface area contributed by atoms with Crippen LogP contribution in [0.2, 0.25) is 0 Å². The van der Waals surface area contributed by atoms with Gasteiger partial charge in [0.05, 0.1) is 6.54 Å². The summed E-state index contributed by atoms with van der Waals surface area (Å²) in [5.41, 5.74) is 2.08. The summed E-state index contributed by atoms with van der Waals surface area (Å²) in [4.78, 5) is 43.1. The van der Waals surface area contributed by atoms with Crippen LogP contribution < -0.4 is 0 Å². The maximum atomic E-state index is 12.9. The van der Waals surface area contributed by atoms with E-state index in [0.29, 0.717) is 19.5 Å². The third-order valence-corrected chi connectivity index (χ3v) is 5.50. The second-order valence-electron chi connectivity index (χ2n) is 7.31. The van der Waals surface area contributed by atoms with Crippen LogP contribution in [0, 0.1) is 0 Å². The molecule has 0 N–H and O–H groups in total. The molecule has 2 aromatic rings. The van der Waals surface area contributed by atoms with E-state index in [4.69, 9.17) is 0 Å². The number of fused-ring (bicyclic) bond motifs is 1. The van der Waals surface area contributed by atoms with E-state index < -0.39 is 12.1 Å². The molecule has 6 heteroatoms. The molecule has 2 aliphatic heterocycles. The fraction of sp³-hybridized carbons (Fsp3) is 0.318. The number of piperazine rings is 1. The zero-order valence-corrected chi connectivity index (χ0v) is 15.8. The number of rotatable bonds is 5. The van der Waals surface area contributed by atoms with Gasteiger partial charge in [-0.1, -0.05) is 60.7 Å². The van der Waals surface area contributed by atoms with E-state index >= 15 is 0 Å². The van der Waals surface area contributed by atoms with Crippen molar-refractivity contribution in [1.82, 2.24) is 14.7 Å². The van der Waals surface area contributed by atoms with E-state index in [1.165, 1.54) is 9.80 Å². The van der Waals surface area contributed by atoms with Crippen molar-refractivity contribution in [3.05, 3.63) is 71.8 Å². The zero-order chi connectivity index (χ0) is 19.7. The first-order valence-electron chi connectivity index (χ1n) is 9.56. The molecule has 0 aromatic heterocycles. The first kappa shape index (κ1) is 18.2. The first-order valence-corrected chi connectivity index (χ1v) is 9.56. The van der Waals surface area contributed by atoms with Gasteiger partial charge in [-0.2, -0.15) is 0 Å². The average Bonchev–Trinajstić information content (AvgIpc) is 2.95. The number of benzene rings is 2. The van der Waals surface area contributed by atoms with Crippen LogP contribution in [0.15, 0.2) is 60.7 Å². The molecule has 0 saturated carbocycles. The monoisotopic (exact) mass is 377 g/mol. The number of imide groups is 1. The Bertz CT molecular complexity index is 884. The van der Waals surface area contributed by atoms with Crippen LogP contribution in [-0.4, -0.2) is 57.7 Å². The van der Waals surface area contributed by atoms with Gasteiger partial charge in [0.25, 0.3) is 5.91 Å². The molecular weight excluding hydrogens is 354 g/mol. The summed E-state index contributed by atoms with van der Waals surface area (Å²) in [6.07, 6.45) is 0.606. The molecule has 6 nitrogen and oxygen atoms in total. The van der Waals surface area contributed by atoms with Gasteiger partial charge >= 0.3 is 6.03 Å². The lowest BCUT2D eigenvalue weighted by atomic mass is 10.1. The van der Waals surface area contributed by atoms with Crippen molar-refractivity contribution in [1.29, 1.82) is 0 Å². The third-order valence-electron chi connectivity index (χ3n) is 5.50. The number of hydrogen-bond acceptors (Lipinski definition) is 3. The van der Waals surface area contributed by atoms with Crippen molar-refractivity contribution >= 4 is 17.8 Å². The van der Waals surface area contributed by atoms with Gasteiger partial charge in [-0.25, -0.2) is 4.79 Å². The smallest absolute Gasteiger partial charge is 0.328 e. The van der Waals surface area contributed by atoms with E-state index in [9.17, 15) is 14.4 Å². The van der Waals surface area contributed by atoms with Crippen molar-refractivity contribution in [2.45, 2.75) is 32.0 Å². The van der Waals surface area contributed by atoms with Crippen LogP contribution in [0.1, 0.15) is 18.1 Å². The number of carbonyl (C=O) groups is 3. The quantitative estimate of drug-likeness (QED) is 0.751. The molecule has 2 heterocycles. The lowest BCUT2D eigenvalue weighted by molar-refractivity contribution is -0.144. The Hall–Kier alpha value is -3.15. The largest absolute Gasteiger partial charge is 0.334 e. The van der Waals surface area contributed by atoms with Gasteiger partial charge < -0.3 is 4.90 Å². The topological polar surface area (TPSA) is 60.9 Å². The van der Waals surface area contributed by atoms with Crippen molar-refractivity contribution in [2.24, 2.45) is 0 Å². The highest BCUT2D eigenvalue weighted by atomic mass is 16.2. The summed E-state index contributed by atoms with van der Waals surface area (Å²) in [6, 6.07) is 17.9. The number of nitrogens with zero attached hydrogens (tertiary/aromatic N) is 3. The van der Waals surface area contributed by atoms with Crippen LogP contribution in [0.4, 0.5) is 4.79 Å². The van der Waals surface area contributed by atoms with Gasteiger partial charge in [-0.05, 0) is 24.5 Å². The average molecular weight is 377 g/mol. The SMILES string of the molecule is C[C@H]1C(=O)N(Cc2ccccc2)CC2C(=O)N(CCc3ccccc3)C(=O)N21. The van der Waals surface area contributed by atoms with Gasteiger partial charge in [-0.3, -0.25) is 19.4 Å². The molecule has 0 radical (unpaired) electrons. The van der Waals surface area contributed by atoms with Crippen LogP contribution in [0.5, 0.6) is 0 Å².